The summed E-state index contributed by atoms with van der Waals surface area (Å²) in [5.74, 6) is 0.270. The SMILES string of the molecule is CC(=O)CCn1cc(CCC(=O)CCCCCNC(=O)OCCCN(C)C(C)=O)nn1. The number of carbonyl (C=O) groups is 4. The molecule has 2 amide bonds. The Labute approximate surface area is 183 Å². The Morgan fingerprint density at radius 1 is 1.06 bits per heavy atom. The Balaban J connectivity index is 2.00. The summed E-state index contributed by atoms with van der Waals surface area (Å²) in [6, 6.07) is 0. The monoisotopic (exact) mass is 437 g/mol. The summed E-state index contributed by atoms with van der Waals surface area (Å²) >= 11 is 0. The van der Waals surface area contributed by atoms with Crippen molar-refractivity contribution in [1.82, 2.24) is 25.2 Å². The minimum Gasteiger partial charge on any atom is -0.449 e. The van der Waals surface area contributed by atoms with E-state index in [-0.39, 0.29) is 24.1 Å². The first-order chi connectivity index (χ1) is 14.8. The van der Waals surface area contributed by atoms with Crippen molar-refractivity contribution in [2.75, 3.05) is 26.7 Å². The minimum atomic E-state index is -0.460. The third-order valence-corrected chi connectivity index (χ3v) is 4.75. The second kappa shape index (κ2) is 15.1. The number of hydrogen-bond acceptors (Lipinski definition) is 7. The molecule has 31 heavy (non-hydrogen) atoms. The fraction of sp³-hybridized carbons (Fsp3) is 0.714. The lowest BCUT2D eigenvalue weighted by Crippen LogP contribution is -2.28. The topological polar surface area (TPSA) is 123 Å². The van der Waals surface area contributed by atoms with Gasteiger partial charge in [0.25, 0.3) is 0 Å². The largest absolute Gasteiger partial charge is 0.449 e. The fourth-order valence-corrected chi connectivity index (χ4v) is 2.72. The zero-order valence-electron chi connectivity index (χ0n) is 18.9. The molecular formula is C21H35N5O5. The summed E-state index contributed by atoms with van der Waals surface area (Å²) in [6.45, 7) is 4.86. The maximum atomic E-state index is 12.0. The normalized spacial score (nSPS) is 10.5. The lowest BCUT2D eigenvalue weighted by molar-refractivity contribution is -0.127. The van der Waals surface area contributed by atoms with E-state index >= 15 is 0 Å². The second-order valence-electron chi connectivity index (χ2n) is 7.63. The molecular weight excluding hydrogens is 402 g/mol. The van der Waals surface area contributed by atoms with Crippen molar-refractivity contribution in [3.05, 3.63) is 11.9 Å². The van der Waals surface area contributed by atoms with Crippen molar-refractivity contribution in [2.45, 2.75) is 71.8 Å². The number of ether oxygens (including phenoxy) is 1. The van der Waals surface area contributed by atoms with Gasteiger partial charge >= 0.3 is 6.09 Å². The first-order valence-corrected chi connectivity index (χ1v) is 10.8. The molecule has 1 aromatic heterocycles. The van der Waals surface area contributed by atoms with Crippen LogP contribution in [0.5, 0.6) is 0 Å². The lowest BCUT2D eigenvalue weighted by atomic mass is 10.1. The Hall–Kier alpha value is -2.78. The van der Waals surface area contributed by atoms with E-state index in [1.807, 2.05) is 0 Å². The van der Waals surface area contributed by atoms with Crippen LogP contribution in [0.2, 0.25) is 0 Å². The maximum absolute atomic E-state index is 12.0. The van der Waals surface area contributed by atoms with E-state index in [0.29, 0.717) is 51.7 Å². The predicted molar refractivity (Wildman–Crippen MR) is 114 cm³/mol. The van der Waals surface area contributed by atoms with Crippen LogP contribution in [0.25, 0.3) is 0 Å². The van der Waals surface area contributed by atoms with Crippen molar-refractivity contribution in [3.8, 4) is 0 Å². The lowest BCUT2D eigenvalue weighted by Gasteiger charge is -2.14. The van der Waals surface area contributed by atoms with E-state index < -0.39 is 6.09 Å². The van der Waals surface area contributed by atoms with Gasteiger partial charge in [-0.2, -0.15) is 0 Å². The van der Waals surface area contributed by atoms with Gasteiger partial charge in [0.15, 0.2) is 0 Å². The molecule has 1 heterocycles. The molecule has 0 bridgehead atoms. The average Bonchev–Trinajstić information content (AvgIpc) is 3.18. The minimum absolute atomic E-state index is 0.0168. The predicted octanol–water partition coefficient (Wildman–Crippen LogP) is 1.91. The molecule has 1 rings (SSSR count). The Morgan fingerprint density at radius 3 is 2.55 bits per heavy atom. The van der Waals surface area contributed by atoms with Gasteiger partial charge < -0.3 is 15.0 Å². The van der Waals surface area contributed by atoms with Crippen LogP contribution in [-0.4, -0.2) is 70.2 Å². The fourth-order valence-electron chi connectivity index (χ4n) is 2.72. The van der Waals surface area contributed by atoms with Crippen LogP contribution in [0.4, 0.5) is 4.79 Å². The molecule has 0 aliphatic heterocycles. The van der Waals surface area contributed by atoms with Crippen LogP contribution in [0.3, 0.4) is 0 Å². The van der Waals surface area contributed by atoms with Gasteiger partial charge in [0.2, 0.25) is 5.91 Å². The van der Waals surface area contributed by atoms with Crippen LogP contribution in [0.15, 0.2) is 6.20 Å². The van der Waals surface area contributed by atoms with Gasteiger partial charge in [0.1, 0.15) is 11.6 Å². The Bertz CT molecular complexity index is 719. The van der Waals surface area contributed by atoms with Crippen LogP contribution in [-0.2, 0) is 32.1 Å². The Morgan fingerprint density at radius 2 is 1.84 bits per heavy atom. The van der Waals surface area contributed by atoms with Gasteiger partial charge in [0, 0.05) is 59.1 Å². The highest BCUT2D eigenvalue weighted by Gasteiger charge is 2.07. The molecule has 10 nitrogen and oxygen atoms in total. The molecule has 1 aromatic rings. The number of unbranched alkanes of at least 4 members (excludes halogenated alkanes) is 2. The summed E-state index contributed by atoms with van der Waals surface area (Å²) < 4.78 is 6.68. The molecule has 0 radical (unpaired) electrons. The summed E-state index contributed by atoms with van der Waals surface area (Å²) in [7, 11) is 1.70. The summed E-state index contributed by atoms with van der Waals surface area (Å²) in [5.41, 5.74) is 0.757. The second-order valence-corrected chi connectivity index (χ2v) is 7.63. The smallest absolute Gasteiger partial charge is 0.407 e. The van der Waals surface area contributed by atoms with E-state index in [1.165, 1.54) is 13.8 Å². The van der Waals surface area contributed by atoms with Gasteiger partial charge in [0.05, 0.1) is 12.3 Å². The van der Waals surface area contributed by atoms with E-state index in [4.69, 9.17) is 4.74 Å². The van der Waals surface area contributed by atoms with Crippen LogP contribution in [0.1, 0.15) is 64.5 Å². The highest BCUT2D eigenvalue weighted by Crippen LogP contribution is 2.06. The number of Topliss-reactive ketones (excluding diaryl/α,β-unsaturated/α-hetero) is 2. The number of alkyl carbamates (subject to hydrolysis) is 1. The van der Waals surface area contributed by atoms with E-state index in [1.54, 1.807) is 22.8 Å². The van der Waals surface area contributed by atoms with Crippen molar-refractivity contribution in [3.63, 3.8) is 0 Å². The number of nitrogens with one attached hydrogen (secondary N) is 1. The average molecular weight is 438 g/mol. The molecule has 0 aliphatic rings. The maximum Gasteiger partial charge on any atom is 0.407 e. The Kier molecular flexibility index (Phi) is 12.8. The number of rotatable bonds is 16. The number of nitrogens with zero attached hydrogens (tertiary/aromatic N) is 4. The first-order valence-electron chi connectivity index (χ1n) is 10.8. The molecule has 0 unspecified atom stereocenters. The molecule has 0 aromatic carbocycles. The van der Waals surface area contributed by atoms with Crippen LogP contribution < -0.4 is 5.32 Å². The molecule has 10 heteroatoms. The molecule has 0 saturated heterocycles. The highest BCUT2D eigenvalue weighted by molar-refractivity contribution is 5.78. The zero-order valence-corrected chi connectivity index (χ0v) is 18.9. The third-order valence-electron chi connectivity index (χ3n) is 4.75. The zero-order chi connectivity index (χ0) is 23.1. The number of carbonyl (C=O) groups excluding carboxylic acids is 4. The molecule has 0 atom stereocenters. The third kappa shape index (κ3) is 13.2. The van der Waals surface area contributed by atoms with Gasteiger partial charge in [-0.05, 0) is 32.6 Å². The molecule has 0 aliphatic carbocycles. The van der Waals surface area contributed by atoms with Crippen LogP contribution >= 0.6 is 0 Å². The summed E-state index contributed by atoms with van der Waals surface area (Å²) in [4.78, 5) is 47.2. The summed E-state index contributed by atoms with van der Waals surface area (Å²) in [6.07, 6.45) is 6.22. The van der Waals surface area contributed by atoms with Crippen molar-refractivity contribution in [2.24, 2.45) is 0 Å². The molecule has 0 fully saturated rings. The molecule has 1 N–H and O–H groups in total. The van der Waals surface area contributed by atoms with Crippen molar-refractivity contribution < 1.29 is 23.9 Å². The number of hydrogen-bond donors (Lipinski definition) is 1. The van der Waals surface area contributed by atoms with Gasteiger partial charge in [-0.1, -0.05) is 11.6 Å². The van der Waals surface area contributed by atoms with Crippen molar-refractivity contribution in [1.29, 1.82) is 0 Å². The standard InChI is InChI=1S/C21H35N5O5/c1-17(27)11-14-26-16-19(23-24-26)9-10-20(29)8-5-4-6-12-22-21(30)31-15-7-13-25(3)18(2)28/h16H,4-15H2,1-3H3,(H,22,30). The quantitative estimate of drug-likeness (QED) is 0.392. The first kappa shape index (κ1) is 26.3. The van der Waals surface area contributed by atoms with Crippen molar-refractivity contribution >= 4 is 23.6 Å². The van der Waals surface area contributed by atoms with Crippen LogP contribution in [0, 0.1) is 0 Å². The van der Waals surface area contributed by atoms with Gasteiger partial charge in [-0.25, -0.2) is 4.79 Å². The van der Waals surface area contributed by atoms with E-state index in [9.17, 15) is 19.2 Å². The van der Waals surface area contributed by atoms with Gasteiger partial charge in [-0.3, -0.25) is 19.1 Å². The number of amides is 2. The number of aryl methyl sites for hydroxylation is 2. The summed E-state index contributed by atoms with van der Waals surface area (Å²) in [5, 5.41) is 10.7. The molecule has 174 valence electrons. The number of aromatic nitrogens is 3. The van der Waals surface area contributed by atoms with E-state index in [2.05, 4.69) is 15.6 Å². The van der Waals surface area contributed by atoms with Gasteiger partial charge in [-0.15, -0.1) is 5.10 Å². The number of ketones is 2. The molecule has 0 spiro atoms. The highest BCUT2D eigenvalue weighted by atomic mass is 16.5. The molecule has 0 saturated carbocycles. The van der Waals surface area contributed by atoms with E-state index in [0.717, 1.165) is 25.0 Å².